The normalized spacial score (nSPS) is 11.5. The van der Waals surface area contributed by atoms with Crippen molar-refractivity contribution < 1.29 is 18.7 Å². The maximum Gasteiger partial charge on any atom is 0.310 e. The van der Waals surface area contributed by atoms with E-state index in [-0.39, 0.29) is 23.9 Å². The van der Waals surface area contributed by atoms with Crippen LogP contribution in [0.5, 0.6) is 11.6 Å². The summed E-state index contributed by atoms with van der Waals surface area (Å²) in [6, 6.07) is 27.5. The molecule has 0 spiro atoms. The molecule has 3 heterocycles. The Hall–Kier alpha value is -5.41. The van der Waals surface area contributed by atoms with E-state index in [0.717, 1.165) is 28.0 Å². The first-order chi connectivity index (χ1) is 21.6. The number of hydrogen-bond acceptors (Lipinski definition) is 8. The molecule has 3 aromatic heterocycles. The molecule has 0 saturated heterocycles. The Morgan fingerprint density at radius 2 is 1.34 bits per heavy atom. The summed E-state index contributed by atoms with van der Waals surface area (Å²) in [6.07, 6.45) is 11.7. The monoisotopic (exact) mass is 603 g/mol. The van der Waals surface area contributed by atoms with E-state index < -0.39 is 0 Å². The van der Waals surface area contributed by atoms with Crippen LogP contribution < -0.4 is 9.61 Å². The molecule has 8 nitrogen and oxygen atoms in total. The molecule has 0 atom stereocenters. The molecule has 0 aliphatic rings. The molecule has 1 N–H and O–H groups in total. The summed E-state index contributed by atoms with van der Waals surface area (Å²) >= 11 is 1.05. The molecule has 9 heteroatoms. The number of oxazole rings is 2. The van der Waals surface area contributed by atoms with Crippen LogP contribution in [0.1, 0.15) is 44.7 Å². The molecular formula is C35H29N3O5S. The smallest absolute Gasteiger partial charge is 0.310 e. The van der Waals surface area contributed by atoms with Gasteiger partial charge in [0.05, 0.1) is 17.1 Å². The van der Waals surface area contributed by atoms with E-state index in [9.17, 15) is 9.90 Å². The lowest BCUT2D eigenvalue weighted by Crippen LogP contribution is -2.13. The van der Waals surface area contributed by atoms with E-state index in [4.69, 9.17) is 13.6 Å². The zero-order valence-corrected chi connectivity index (χ0v) is 24.5. The van der Waals surface area contributed by atoms with Crippen LogP contribution in [0.15, 0.2) is 111 Å². The van der Waals surface area contributed by atoms with Gasteiger partial charge in [-0.25, -0.2) is 9.97 Å². The van der Waals surface area contributed by atoms with Gasteiger partial charge in [0.15, 0.2) is 0 Å². The lowest BCUT2D eigenvalue weighted by molar-refractivity contribution is 0.301. The standard InChI is InChI=1S/C35H29N3O5S/c39-34-31(44-35(40)38(34)21-28-22-42-32(36-28)19-14-25-7-3-1-4-8-25)18-13-27-11-16-30(17-12-27)41-23-29-24-43-33(37-29)20-15-26-9-5-2-6-10-26/h1-12,14-17,19-20,22,24,39H,13,18,21,23H2. The van der Waals surface area contributed by atoms with Crippen LogP contribution in [0, 0.1) is 0 Å². The third kappa shape index (κ3) is 7.50. The molecule has 6 aromatic rings. The number of rotatable bonds is 12. The molecule has 0 fully saturated rings. The van der Waals surface area contributed by atoms with Gasteiger partial charge < -0.3 is 18.7 Å². The highest BCUT2D eigenvalue weighted by atomic mass is 32.1. The Bertz CT molecular complexity index is 1920. The number of ether oxygens (including phenoxy) is 1. The van der Waals surface area contributed by atoms with Crippen molar-refractivity contribution in [3.05, 3.63) is 152 Å². The van der Waals surface area contributed by atoms with Crippen molar-refractivity contribution in [2.24, 2.45) is 0 Å². The molecule has 6 rings (SSSR count). The van der Waals surface area contributed by atoms with Crippen LogP contribution in [-0.4, -0.2) is 19.6 Å². The summed E-state index contributed by atoms with van der Waals surface area (Å²) in [7, 11) is 0. The first-order valence-corrected chi connectivity index (χ1v) is 14.9. The van der Waals surface area contributed by atoms with Crippen LogP contribution in [-0.2, 0) is 26.0 Å². The van der Waals surface area contributed by atoms with Gasteiger partial charge in [-0.3, -0.25) is 9.36 Å². The number of thiazole rings is 1. The Balaban J connectivity index is 0.996. The second-order valence-corrected chi connectivity index (χ2v) is 11.0. The Morgan fingerprint density at radius 1 is 0.750 bits per heavy atom. The summed E-state index contributed by atoms with van der Waals surface area (Å²) in [5.41, 5.74) is 4.41. The van der Waals surface area contributed by atoms with Gasteiger partial charge in [0.25, 0.3) is 0 Å². The molecular weight excluding hydrogens is 574 g/mol. The zero-order valence-electron chi connectivity index (χ0n) is 23.7. The summed E-state index contributed by atoms with van der Waals surface area (Å²) in [4.78, 5) is 21.9. The second kappa shape index (κ2) is 13.7. The highest BCUT2D eigenvalue weighted by molar-refractivity contribution is 7.09. The summed E-state index contributed by atoms with van der Waals surface area (Å²) in [5.74, 6) is 1.63. The predicted octanol–water partition coefficient (Wildman–Crippen LogP) is 7.34. The minimum Gasteiger partial charge on any atom is -0.494 e. The van der Waals surface area contributed by atoms with Crippen molar-refractivity contribution in [3.63, 3.8) is 0 Å². The zero-order chi connectivity index (χ0) is 30.1. The molecule has 0 aliphatic carbocycles. The predicted molar refractivity (Wildman–Crippen MR) is 171 cm³/mol. The van der Waals surface area contributed by atoms with Crippen molar-refractivity contribution in [3.8, 4) is 11.6 Å². The number of aromatic hydroxyl groups is 1. The minimum absolute atomic E-state index is 0.0325. The van der Waals surface area contributed by atoms with E-state index in [1.54, 1.807) is 12.3 Å². The Morgan fingerprint density at radius 3 is 1.98 bits per heavy atom. The highest BCUT2D eigenvalue weighted by Gasteiger charge is 2.16. The average molecular weight is 604 g/mol. The maximum absolute atomic E-state index is 12.6. The average Bonchev–Trinajstić information content (AvgIpc) is 3.79. The van der Waals surface area contributed by atoms with E-state index >= 15 is 0 Å². The fraction of sp³-hybridized carbons (Fsp3) is 0.114. The van der Waals surface area contributed by atoms with Crippen molar-refractivity contribution in [2.75, 3.05) is 0 Å². The summed E-state index contributed by atoms with van der Waals surface area (Å²) in [6.45, 7) is 0.417. The highest BCUT2D eigenvalue weighted by Crippen LogP contribution is 2.24. The van der Waals surface area contributed by atoms with Gasteiger partial charge in [-0.05, 0) is 53.8 Å². The van der Waals surface area contributed by atoms with Crippen molar-refractivity contribution in [2.45, 2.75) is 26.0 Å². The Labute approximate surface area is 257 Å². The van der Waals surface area contributed by atoms with Crippen molar-refractivity contribution in [1.29, 1.82) is 0 Å². The number of nitrogens with zero attached hydrogens (tertiary/aromatic N) is 3. The molecule has 0 bridgehead atoms. The van der Waals surface area contributed by atoms with Crippen molar-refractivity contribution >= 4 is 35.6 Å². The molecule has 44 heavy (non-hydrogen) atoms. The largest absolute Gasteiger partial charge is 0.494 e. The van der Waals surface area contributed by atoms with Crippen LogP contribution in [0.4, 0.5) is 0 Å². The summed E-state index contributed by atoms with van der Waals surface area (Å²) in [5, 5.41) is 10.8. The first kappa shape index (κ1) is 28.7. The molecule has 3 aromatic carbocycles. The molecule has 220 valence electrons. The van der Waals surface area contributed by atoms with E-state index in [1.165, 1.54) is 10.8 Å². The quantitative estimate of drug-likeness (QED) is 0.156. The van der Waals surface area contributed by atoms with Crippen LogP contribution in [0.2, 0.25) is 0 Å². The number of benzene rings is 3. The number of aryl methyl sites for hydroxylation is 2. The van der Waals surface area contributed by atoms with Gasteiger partial charge in [-0.2, -0.15) is 0 Å². The fourth-order valence-corrected chi connectivity index (χ4v) is 5.35. The Kier molecular flexibility index (Phi) is 8.94. The van der Waals surface area contributed by atoms with Crippen LogP contribution >= 0.6 is 11.3 Å². The molecule has 0 aliphatic heterocycles. The SMILES string of the molecule is O=c1sc(CCc2ccc(OCc3coc(C=Cc4ccccc4)n3)cc2)c(O)n1Cc1coc(C=Cc2ccccc2)n1. The molecule has 0 unspecified atom stereocenters. The van der Waals surface area contributed by atoms with Gasteiger partial charge in [0, 0.05) is 12.2 Å². The van der Waals surface area contributed by atoms with Gasteiger partial charge in [-0.1, -0.05) is 84.1 Å². The van der Waals surface area contributed by atoms with Crippen LogP contribution in [0.25, 0.3) is 24.3 Å². The lowest BCUT2D eigenvalue weighted by Gasteiger charge is -2.06. The van der Waals surface area contributed by atoms with E-state index in [2.05, 4.69) is 9.97 Å². The third-order valence-corrected chi connectivity index (χ3v) is 7.81. The number of hydrogen-bond donors (Lipinski definition) is 1. The number of aromatic nitrogens is 3. The van der Waals surface area contributed by atoms with Gasteiger partial charge in [-0.15, -0.1) is 0 Å². The minimum atomic E-state index is -0.239. The second-order valence-electron chi connectivity index (χ2n) is 9.98. The fourth-order valence-electron chi connectivity index (χ4n) is 4.48. The molecule has 0 amide bonds. The molecule has 0 radical (unpaired) electrons. The lowest BCUT2D eigenvalue weighted by atomic mass is 10.1. The topological polar surface area (TPSA) is 104 Å². The summed E-state index contributed by atoms with van der Waals surface area (Å²) < 4.78 is 18.2. The first-order valence-electron chi connectivity index (χ1n) is 14.1. The van der Waals surface area contributed by atoms with Gasteiger partial charge >= 0.3 is 4.87 Å². The van der Waals surface area contributed by atoms with E-state index in [1.807, 2.05) is 103 Å². The van der Waals surface area contributed by atoms with Crippen LogP contribution in [0.3, 0.4) is 0 Å². The van der Waals surface area contributed by atoms with Gasteiger partial charge in [0.2, 0.25) is 17.7 Å². The van der Waals surface area contributed by atoms with Gasteiger partial charge in [0.1, 0.15) is 30.6 Å². The maximum atomic E-state index is 12.6. The van der Waals surface area contributed by atoms with E-state index in [0.29, 0.717) is 46.6 Å². The molecule has 0 saturated carbocycles. The van der Waals surface area contributed by atoms with Crippen molar-refractivity contribution in [1.82, 2.24) is 14.5 Å². The third-order valence-electron chi connectivity index (χ3n) is 6.78.